The third-order valence-electron chi connectivity index (χ3n) is 2.85. The topological polar surface area (TPSA) is 40.5 Å². The normalized spacial score (nSPS) is 10.5. The summed E-state index contributed by atoms with van der Waals surface area (Å²) in [5.41, 5.74) is 4.81. The van der Waals surface area contributed by atoms with Gasteiger partial charge in [-0.2, -0.15) is 0 Å². The number of phenolic OH excluding ortho intramolecular Hbond substituents is 2. The average molecular weight is 228 g/mol. The fourth-order valence-corrected chi connectivity index (χ4v) is 2.05. The summed E-state index contributed by atoms with van der Waals surface area (Å²) in [5, 5.41) is 19.4. The summed E-state index contributed by atoms with van der Waals surface area (Å²) in [5.74, 6) is 0.230. The first kappa shape index (κ1) is 11.5. The molecule has 0 radical (unpaired) electrons. The predicted molar refractivity (Wildman–Crippen MR) is 69.4 cm³/mol. The maximum atomic E-state index is 9.89. The maximum Gasteiger partial charge on any atom is 0.127 e. The highest BCUT2D eigenvalue weighted by Gasteiger charge is 2.08. The van der Waals surface area contributed by atoms with Crippen LogP contribution in [0.2, 0.25) is 0 Å². The highest BCUT2D eigenvalue weighted by Crippen LogP contribution is 2.35. The van der Waals surface area contributed by atoms with Crippen molar-refractivity contribution in [3.8, 4) is 22.6 Å². The van der Waals surface area contributed by atoms with E-state index in [2.05, 4.69) is 6.07 Å². The van der Waals surface area contributed by atoms with Crippen molar-refractivity contribution in [1.82, 2.24) is 0 Å². The Hall–Kier alpha value is -1.96. The second-order valence-corrected chi connectivity index (χ2v) is 4.53. The first-order valence-electron chi connectivity index (χ1n) is 5.58. The van der Waals surface area contributed by atoms with Gasteiger partial charge in [0.2, 0.25) is 0 Å². The number of hydrogen-bond donors (Lipinski definition) is 2. The van der Waals surface area contributed by atoms with Crippen LogP contribution in [-0.4, -0.2) is 10.2 Å². The monoisotopic (exact) mass is 228 g/mol. The Morgan fingerprint density at radius 1 is 0.706 bits per heavy atom. The van der Waals surface area contributed by atoms with Gasteiger partial charge in [-0.3, -0.25) is 0 Å². The Morgan fingerprint density at radius 3 is 1.88 bits per heavy atom. The minimum atomic E-state index is 0.109. The molecular weight excluding hydrogens is 212 g/mol. The Labute approximate surface area is 101 Å². The fraction of sp³-hybridized carbons (Fsp3) is 0.200. The average Bonchev–Trinajstić information content (AvgIpc) is 2.22. The first-order valence-corrected chi connectivity index (χ1v) is 5.58. The van der Waals surface area contributed by atoms with Gasteiger partial charge in [0.05, 0.1) is 0 Å². The first-order chi connectivity index (χ1) is 7.97. The number of aryl methyl sites for hydroxylation is 3. The van der Waals surface area contributed by atoms with E-state index in [1.807, 2.05) is 32.9 Å². The van der Waals surface area contributed by atoms with Crippen molar-refractivity contribution in [1.29, 1.82) is 0 Å². The van der Waals surface area contributed by atoms with E-state index in [1.54, 1.807) is 6.07 Å². The summed E-state index contributed by atoms with van der Waals surface area (Å²) in [6, 6.07) is 9.34. The molecule has 0 aliphatic rings. The molecule has 2 N–H and O–H groups in total. The number of rotatable bonds is 1. The van der Waals surface area contributed by atoms with Gasteiger partial charge in [0, 0.05) is 11.6 Å². The summed E-state index contributed by atoms with van der Waals surface area (Å²) >= 11 is 0. The van der Waals surface area contributed by atoms with Gasteiger partial charge in [0.1, 0.15) is 11.5 Å². The largest absolute Gasteiger partial charge is 0.508 e. The highest BCUT2D eigenvalue weighted by atomic mass is 16.3. The van der Waals surface area contributed by atoms with Gasteiger partial charge < -0.3 is 10.2 Å². The van der Waals surface area contributed by atoms with Crippen LogP contribution >= 0.6 is 0 Å². The molecule has 2 rings (SSSR count). The van der Waals surface area contributed by atoms with Gasteiger partial charge in [0.15, 0.2) is 0 Å². The summed E-state index contributed by atoms with van der Waals surface area (Å²) < 4.78 is 0. The van der Waals surface area contributed by atoms with E-state index < -0.39 is 0 Å². The van der Waals surface area contributed by atoms with Crippen LogP contribution in [0.25, 0.3) is 11.1 Å². The predicted octanol–water partition coefficient (Wildman–Crippen LogP) is 3.69. The zero-order valence-corrected chi connectivity index (χ0v) is 10.3. The van der Waals surface area contributed by atoms with Crippen molar-refractivity contribution in [2.45, 2.75) is 20.8 Å². The molecule has 0 aliphatic carbocycles. The molecule has 0 saturated heterocycles. The van der Waals surface area contributed by atoms with Crippen molar-refractivity contribution in [2.75, 3.05) is 0 Å². The van der Waals surface area contributed by atoms with Crippen LogP contribution < -0.4 is 0 Å². The summed E-state index contributed by atoms with van der Waals surface area (Å²) in [4.78, 5) is 0. The van der Waals surface area contributed by atoms with Crippen molar-refractivity contribution in [3.63, 3.8) is 0 Å². The van der Waals surface area contributed by atoms with Gasteiger partial charge in [-0.15, -0.1) is 0 Å². The lowest BCUT2D eigenvalue weighted by atomic mass is 9.98. The third kappa shape index (κ3) is 2.26. The van der Waals surface area contributed by atoms with Gasteiger partial charge in [-0.05, 0) is 38.0 Å². The zero-order valence-electron chi connectivity index (χ0n) is 10.3. The molecule has 0 bridgehead atoms. The zero-order chi connectivity index (χ0) is 12.6. The van der Waals surface area contributed by atoms with E-state index in [1.165, 1.54) is 6.07 Å². The van der Waals surface area contributed by atoms with Crippen LogP contribution in [0.5, 0.6) is 11.5 Å². The lowest BCUT2D eigenvalue weighted by Gasteiger charge is -2.09. The van der Waals surface area contributed by atoms with Crippen molar-refractivity contribution in [3.05, 3.63) is 47.0 Å². The quantitative estimate of drug-likeness (QED) is 0.781. The SMILES string of the molecule is Cc1cc(C)cc(-c2cc(C)c(O)cc2O)c1. The van der Waals surface area contributed by atoms with E-state index >= 15 is 0 Å². The Morgan fingerprint density at radius 2 is 1.29 bits per heavy atom. The molecule has 0 unspecified atom stereocenters. The highest BCUT2D eigenvalue weighted by molar-refractivity contribution is 5.73. The van der Waals surface area contributed by atoms with Crippen LogP contribution in [0.15, 0.2) is 30.3 Å². The van der Waals surface area contributed by atoms with Crippen molar-refractivity contribution < 1.29 is 10.2 Å². The number of hydrogen-bond acceptors (Lipinski definition) is 2. The molecule has 2 aromatic carbocycles. The number of phenols is 2. The molecule has 88 valence electrons. The third-order valence-corrected chi connectivity index (χ3v) is 2.85. The molecule has 0 amide bonds. The van der Waals surface area contributed by atoms with Gasteiger partial charge in [0.25, 0.3) is 0 Å². The molecule has 0 aliphatic heterocycles. The smallest absolute Gasteiger partial charge is 0.127 e. The van der Waals surface area contributed by atoms with E-state index in [4.69, 9.17) is 0 Å². The van der Waals surface area contributed by atoms with Crippen molar-refractivity contribution in [2.24, 2.45) is 0 Å². The Kier molecular flexibility index (Phi) is 2.80. The molecule has 0 spiro atoms. The second-order valence-electron chi connectivity index (χ2n) is 4.53. The van der Waals surface area contributed by atoms with E-state index in [0.717, 1.165) is 27.8 Å². The summed E-state index contributed by atoms with van der Waals surface area (Å²) in [6.07, 6.45) is 0. The van der Waals surface area contributed by atoms with E-state index in [9.17, 15) is 10.2 Å². The Bertz CT molecular complexity index is 551. The molecule has 0 saturated carbocycles. The van der Waals surface area contributed by atoms with Crippen LogP contribution in [0.4, 0.5) is 0 Å². The van der Waals surface area contributed by atoms with Crippen LogP contribution in [0.1, 0.15) is 16.7 Å². The van der Waals surface area contributed by atoms with E-state index in [0.29, 0.717) is 0 Å². The lowest BCUT2D eigenvalue weighted by molar-refractivity contribution is 0.449. The van der Waals surface area contributed by atoms with Gasteiger partial charge in [-0.25, -0.2) is 0 Å². The summed E-state index contributed by atoms with van der Waals surface area (Å²) in [6.45, 7) is 5.88. The van der Waals surface area contributed by atoms with Crippen LogP contribution in [0.3, 0.4) is 0 Å². The van der Waals surface area contributed by atoms with Crippen molar-refractivity contribution >= 4 is 0 Å². The van der Waals surface area contributed by atoms with Crippen LogP contribution in [0, 0.1) is 20.8 Å². The number of benzene rings is 2. The molecule has 2 nitrogen and oxygen atoms in total. The molecule has 0 heterocycles. The second kappa shape index (κ2) is 4.13. The fourth-order valence-electron chi connectivity index (χ4n) is 2.05. The van der Waals surface area contributed by atoms with E-state index in [-0.39, 0.29) is 11.5 Å². The molecule has 2 aromatic rings. The minimum Gasteiger partial charge on any atom is -0.508 e. The lowest BCUT2D eigenvalue weighted by Crippen LogP contribution is -1.85. The molecule has 17 heavy (non-hydrogen) atoms. The summed E-state index contributed by atoms with van der Waals surface area (Å²) in [7, 11) is 0. The molecule has 0 aromatic heterocycles. The minimum absolute atomic E-state index is 0.109. The molecular formula is C15H16O2. The Balaban J connectivity index is 2.64. The van der Waals surface area contributed by atoms with Crippen LogP contribution in [-0.2, 0) is 0 Å². The maximum absolute atomic E-state index is 9.89. The molecule has 0 fully saturated rings. The molecule has 2 heteroatoms. The number of aromatic hydroxyl groups is 2. The van der Waals surface area contributed by atoms with Gasteiger partial charge >= 0.3 is 0 Å². The standard InChI is InChI=1S/C15H16O2/c1-9-4-10(2)6-12(5-9)13-7-11(3)14(16)8-15(13)17/h4-8,16-17H,1-3H3. The van der Waals surface area contributed by atoms with Gasteiger partial charge in [-0.1, -0.05) is 29.3 Å². The molecule has 0 atom stereocenters.